The second-order valence-electron chi connectivity index (χ2n) is 5.52. The van der Waals surface area contributed by atoms with Gasteiger partial charge in [-0.25, -0.2) is 0 Å². The SMILES string of the molecule is COc1cccc(C(=O)NCCCOc2cccc3cccnc23)c1. The van der Waals surface area contributed by atoms with E-state index in [2.05, 4.69) is 10.3 Å². The van der Waals surface area contributed by atoms with Gasteiger partial charge in [-0.05, 0) is 36.8 Å². The summed E-state index contributed by atoms with van der Waals surface area (Å²) in [4.78, 5) is 16.5. The van der Waals surface area contributed by atoms with Crippen molar-refractivity contribution in [3.8, 4) is 11.5 Å². The zero-order valence-corrected chi connectivity index (χ0v) is 14.1. The van der Waals surface area contributed by atoms with Crippen LogP contribution in [-0.2, 0) is 0 Å². The number of nitrogens with one attached hydrogen (secondary N) is 1. The van der Waals surface area contributed by atoms with E-state index in [0.717, 1.165) is 16.7 Å². The van der Waals surface area contributed by atoms with Gasteiger partial charge in [-0.3, -0.25) is 9.78 Å². The molecule has 0 aliphatic carbocycles. The summed E-state index contributed by atoms with van der Waals surface area (Å²) in [5, 5.41) is 3.93. The molecule has 5 heteroatoms. The smallest absolute Gasteiger partial charge is 0.251 e. The molecule has 1 N–H and O–H groups in total. The fourth-order valence-electron chi connectivity index (χ4n) is 2.52. The largest absolute Gasteiger partial charge is 0.497 e. The fourth-order valence-corrected chi connectivity index (χ4v) is 2.52. The van der Waals surface area contributed by atoms with E-state index in [0.29, 0.717) is 30.9 Å². The number of methoxy groups -OCH3 is 1. The molecule has 2 aromatic carbocycles. The van der Waals surface area contributed by atoms with Gasteiger partial charge in [0.15, 0.2) is 0 Å². The molecule has 0 bridgehead atoms. The first kappa shape index (κ1) is 16.8. The molecule has 0 atom stereocenters. The molecule has 0 aliphatic heterocycles. The van der Waals surface area contributed by atoms with E-state index in [-0.39, 0.29) is 5.91 Å². The van der Waals surface area contributed by atoms with Crippen molar-refractivity contribution >= 4 is 16.8 Å². The third-order valence-electron chi connectivity index (χ3n) is 3.79. The average Bonchev–Trinajstić information content (AvgIpc) is 2.67. The number of rotatable bonds is 7. The molecular formula is C20H20N2O3. The molecule has 3 rings (SSSR count). The minimum absolute atomic E-state index is 0.120. The summed E-state index contributed by atoms with van der Waals surface area (Å²) < 4.78 is 10.9. The molecule has 3 aromatic rings. The highest BCUT2D eigenvalue weighted by molar-refractivity contribution is 5.94. The van der Waals surface area contributed by atoms with Gasteiger partial charge in [-0.15, -0.1) is 0 Å². The fraction of sp³-hybridized carbons (Fsp3) is 0.200. The zero-order chi connectivity index (χ0) is 17.5. The van der Waals surface area contributed by atoms with E-state index >= 15 is 0 Å². The number of aromatic nitrogens is 1. The molecule has 1 aromatic heterocycles. The molecule has 0 radical (unpaired) electrons. The lowest BCUT2D eigenvalue weighted by Crippen LogP contribution is -2.25. The van der Waals surface area contributed by atoms with Crippen LogP contribution in [0.4, 0.5) is 0 Å². The summed E-state index contributed by atoms with van der Waals surface area (Å²) in [5.41, 5.74) is 1.43. The molecule has 128 valence electrons. The summed E-state index contributed by atoms with van der Waals surface area (Å²) in [5.74, 6) is 1.31. The molecule has 0 spiro atoms. The van der Waals surface area contributed by atoms with E-state index in [9.17, 15) is 4.79 Å². The highest BCUT2D eigenvalue weighted by Crippen LogP contribution is 2.22. The monoisotopic (exact) mass is 336 g/mol. The second-order valence-corrected chi connectivity index (χ2v) is 5.52. The number of nitrogens with zero attached hydrogens (tertiary/aromatic N) is 1. The number of para-hydroxylation sites is 1. The summed E-state index contributed by atoms with van der Waals surface area (Å²) in [7, 11) is 1.58. The Morgan fingerprint density at radius 2 is 1.96 bits per heavy atom. The molecule has 0 saturated carbocycles. The molecule has 1 amide bonds. The second kappa shape index (κ2) is 8.15. The molecule has 0 saturated heterocycles. The third kappa shape index (κ3) is 4.26. The Morgan fingerprint density at radius 1 is 1.12 bits per heavy atom. The average molecular weight is 336 g/mol. The number of carbonyl (C=O) groups is 1. The first-order chi connectivity index (χ1) is 12.3. The highest BCUT2D eigenvalue weighted by atomic mass is 16.5. The van der Waals surface area contributed by atoms with E-state index in [1.807, 2.05) is 36.4 Å². The van der Waals surface area contributed by atoms with Gasteiger partial charge in [0.1, 0.15) is 17.0 Å². The summed E-state index contributed by atoms with van der Waals surface area (Å²) in [6.45, 7) is 1.04. The topological polar surface area (TPSA) is 60.5 Å². The Kier molecular flexibility index (Phi) is 5.46. The summed E-state index contributed by atoms with van der Waals surface area (Å²) >= 11 is 0. The number of benzene rings is 2. The van der Waals surface area contributed by atoms with Crippen LogP contribution in [0.5, 0.6) is 11.5 Å². The lowest BCUT2D eigenvalue weighted by atomic mass is 10.2. The van der Waals surface area contributed by atoms with Gasteiger partial charge in [0.25, 0.3) is 5.91 Å². The van der Waals surface area contributed by atoms with E-state index in [1.165, 1.54) is 0 Å². The standard InChI is InChI=1S/C20H20N2O3/c1-24-17-9-2-7-16(14-17)20(23)22-12-5-13-25-18-10-3-6-15-8-4-11-21-19(15)18/h2-4,6-11,14H,5,12-13H2,1H3,(H,22,23). The quantitative estimate of drug-likeness (QED) is 0.672. The molecule has 25 heavy (non-hydrogen) atoms. The van der Waals surface area contributed by atoms with Crippen LogP contribution in [0.3, 0.4) is 0 Å². The normalized spacial score (nSPS) is 10.4. The Hall–Kier alpha value is -3.08. The molecule has 1 heterocycles. The molecule has 0 fully saturated rings. The van der Waals surface area contributed by atoms with Gasteiger partial charge in [0, 0.05) is 23.7 Å². The van der Waals surface area contributed by atoms with Crippen LogP contribution in [0.1, 0.15) is 16.8 Å². The van der Waals surface area contributed by atoms with E-state index in [1.54, 1.807) is 31.5 Å². The van der Waals surface area contributed by atoms with Crippen LogP contribution in [0, 0.1) is 0 Å². The van der Waals surface area contributed by atoms with Crippen molar-refractivity contribution in [2.24, 2.45) is 0 Å². The number of amides is 1. The molecule has 5 nitrogen and oxygen atoms in total. The number of hydrogen-bond acceptors (Lipinski definition) is 4. The number of hydrogen-bond donors (Lipinski definition) is 1. The lowest BCUT2D eigenvalue weighted by Gasteiger charge is -2.09. The van der Waals surface area contributed by atoms with Crippen LogP contribution >= 0.6 is 0 Å². The van der Waals surface area contributed by atoms with Crippen molar-refractivity contribution in [3.63, 3.8) is 0 Å². The van der Waals surface area contributed by atoms with Crippen LogP contribution < -0.4 is 14.8 Å². The summed E-state index contributed by atoms with van der Waals surface area (Å²) in [6, 6.07) is 16.8. The molecule has 0 aliphatic rings. The maximum atomic E-state index is 12.1. The van der Waals surface area contributed by atoms with Crippen molar-refractivity contribution in [3.05, 3.63) is 66.4 Å². The van der Waals surface area contributed by atoms with Crippen molar-refractivity contribution in [1.29, 1.82) is 0 Å². The number of fused-ring (bicyclic) bond motifs is 1. The first-order valence-electron chi connectivity index (χ1n) is 8.17. The Morgan fingerprint density at radius 3 is 2.84 bits per heavy atom. The highest BCUT2D eigenvalue weighted by Gasteiger charge is 2.06. The minimum Gasteiger partial charge on any atom is -0.497 e. The van der Waals surface area contributed by atoms with Crippen LogP contribution in [-0.4, -0.2) is 31.2 Å². The van der Waals surface area contributed by atoms with Crippen LogP contribution in [0.25, 0.3) is 10.9 Å². The van der Waals surface area contributed by atoms with Crippen LogP contribution in [0.2, 0.25) is 0 Å². The van der Waals surface area contributed by atoms with Crippen molar-refractivity contribution in [2.75, 3.05) is 20.3 Å². The van der Waals surface area contributed by atoms with Gasteiger partial charge in [0.2, 0.25) is 0 Å². The van der Waals surface area contributed by atoms with Crippen molar-refractivity contribution in [2.45, 2.75) is 6.42 Å². The van der Waals surface area contributed by atoms with Gasteiger partial charge in [0.05, 0.1) is 13.7 Å². The molecular weight excluding hydrogens is 316 g/mol. The van der Waals surface area contributed by atoms with Crippen LogP contribution in [0.15, 0.2) is 60.8 Å². The van der Waals surface area contributed by atoms with E-state index < -0.39 is 0 Å². The predicted octanol–water partition coefficient (Wildman–Crippen LogP) is 3.44. The third-order valence-corrected chi connectivity index (χ3v) is 3.79. The maximum absolute atomic E-state index is 12.1. The molecule has 0 unspecified atom stereocenters. The number of carbonyl (C=O) groups excluding carboxylic acids is 1. The zero-order valence-electron chi connectivity index (χ0n) is 14.1. The predicted molar refractivity (Wildman–Crippen MR) is 97.2 cm³/mol. The lowest BCUT2D eigenvalue weighted by molar-refractivity contribution is 0.0951. The number of ether oxygens (including phenoxy) is 2. The minimum atomic E-state index is -0.120. The van der Waals surface area contributed by atoms with E-state index in [4.69, 9.17) is 9.47 Å². The van der Waals surface area contributed by atoms with Crippen molar-refractivity contribution in [1.82, 2.24) is 10.3 Å². The van der Waals surface area contributed by atoms with Gasteiger partial charge >= 0.3 is 0 Å². The van der Waals surface area contributed by atoms with Crippen molar-refractivity contribution < 1.29 is 14.3 Å². The Labute approximate surface area is 146 Å². The Bertz CT molecular complexity index is 859. The van der Waals surface area contributed by atoms with Gasteiger partial charge in [-0.1, -0.05) is 24.3 Å². The van der Waals surface area contributed by atoms with Gasteiger partial charge in [-0.2, -0.15) is 0 Å². The summed E-state index contributed by atoms with van der Waals surface area (Å²) in [6.07, 6.45) is 2.46. The first-order valence-corrected chi connectivity index (χ1v) is 8.17. The van der Waals surface area contributed by atoms with Gasteiger partial charge < -0.3 is 14.8 Å². The Balaban J connectivity index is 1.47. The number of pyridine rings is 1. The maximum Gasteiger partial charge on any atom is 0.251 e.